The van der Waals surface area contributed by atoms with E-state index in [4.69, 9.17) is 11.6 Å². The minimum Gasteiger partial charge on any atom is -0.480 e. The molecule has 0 radical (unpaired) electrons. The first-order valence-electron chi connectivity index (χ1n) is 6.35. The van der Waals surface area contributed by atoms with E-state index >= 15 is 0 Å². The predicted octanol–water partition coefficient (Wildman–Crippen LogP) is 2.30. The number of nitrogens with zero attached hydrogens (tertiary/aromatic N) is 1. The third-order valence-corrected chi connectivity index (χ3v) is 3.14. The third kappa shape index (κ3) is 4.26. The van der Waals surface area contributed by atoms with Crippen LogP contribution in [0.1, 0.15) is 15.9 Å². The Morgan fingerprint density at radius 3 is 2.68 bits per heavy atom. The Morgan fingerprint density at radius 2 is 2.09 bits per heavy atom. The van der Waals surface area contributed by atoms with Gasteiger partial charge in [-0.2, -0.15) is 0 Å². The van der Waals surface area contributed by atoms with E-state index in [1.807, 2.05) is 0 Å². The van der Waals surface area contributed by atoms with E-state index in [0.717, 1.165) is 6.07 Å². The summed E-state index contributed by atoms with van der Waals surface area (Å²) in [4.78, 5) is 27.1. The largest absolute Gasteiger partial charge is 0.480 e. The second kappa shape index (κ2) is 7.00. The molecule has 0 aliphatic carbocycles. The minimum absolute atomic E-state index is 0.0422. The molecule has 1 amide bonds. The summed E-state index contributed by atoms with van der Waals surface area (Å²) in [5.74, 6) is -2.42. The smallest absolute Gasteiger partial charge is 0.326 e. The van der Waals surface area contributed by atoms with Crippen molar-refractivity contribution in [3.05, 3.63) is 64.7 Å². The number of carbonyl (C=O) groups excluding carboxylic acids is 1. The Kier molecular flexibility index (Phi) is 5.06. The summed E-state index contributed by atoms with van der Waals surface area (Å²) in [5.41, 5.74) is 0.664. The second-order valence-corrected chi connectivity index (χ2v) is 4.96. The molecule has 0 spiro atoms. The molecular formula is C15H12ClFN2O3. The molecule has 0 saturated heterocycles. The first-order chi connectivity index (χ1) is 10.5. The Bertz CT molecular complexity index is 691. The lowest BCUT2D eigenvalue weighted by molar-refractivity contribution is -0.139. The highest BCUT2D eigenvalue weighted by Gasteiger charge is 2.21. The van der Waals surface area contributed by atoms with Gasteiger partial charge < -0.3 is 10.4 Å². The summed E-state index contributed by atoms with van der Waals surface area (Å²) < 4.78 is 13.1. The molecule has 0 aliphatic rings. The zero-order valence-corrected chi connectivity index (χ0v) is 12.0. The second-order valence-electron chi connectivity index (χ2n) is 4.57. The van der Waals surface area contributed by atoms with Crippen LogP contribution in [0.25, 0.3) is 0 Å². The van der Waals surface area contributed by atoms with E-state index in [1.165, 1.54) is 30.5 Å². The molecule has 0 unspecified atom stereocenters. The van der Waals surface area contributed by atoms with E-state index in [9.17, 15) is 19.1 Å². The molecule has 2 rings (SSSR count). The van der Waals surface area contributed by atoms with E-state index in [-0.39, 0.29) is 12.0 Å². The number of hydrogen-bond donors (Lipinski definition) is 2. The summed E-state index contributed by atoms with van der Waals surface area (Å²) in [7, 11) is 0. The Hall–Kier alpha value is -2.47. The van der Waals surface area contributed by atoms with Gasteiger partial charge in [0.15, 0.2) is 0 Å². The summed E-state index contributed by atoms with van der Waals surface area (Å²) in [5, 5.41) is 11.9. The van der Waals surface area contributed by atoms with Crippen LogP contribution in [0.3, 0.4) is 0 Å². The number of carboxylic acid groups (broad SMARTS) is 1. The van der Waals surface area contributed by atoms with Crippen LogP contribution < -0.4 is 5.32 Å². The predicted molar refractivity (Wildman–Crippen MR) is 78.2 cm³/mol. The Balaban J connectivity index is 2.10. The van der Waals surface area contributed by atoms with Crippen molar-refractivity contribution in [2.45, 2.75) is 12.5 Å². The number of amides is 1. The molecule has 114 valence electrons. The molecule has 1 atom stereocenters. The van der Waals surface area contributed by atoms with Gasteiger partial charge in [0.05, 0.1) is 0 Å². The van der Waals surface area contributed by atoms with Crippen LogP contribution in [-0.4, -0.2) is 28.0 Å². The minimum atomic E-state index is -1.19. The average Bonchev–Trinajstić information content (AvgIpc) is 2.48. The fourth-order valence-corrected chi connectivity index (χ4v) is 1.95. The first kappa shape index (κ1) is 15.9. The van der Waals surface area contributed by atoms with Crippen LogP contribution in [0.2, 0.25) is 5.15 Å². The van der Waals surface area contributed by atoms with Crippen molar-refractivity contribution in [1.29, 1.82) is 0 Å². The van der Waals surface area contributed by atoms with Gasteiger partial charge in [0, 0.05) is 18.2 Å². The van der Waals surface area contributed by atoms with Crippen molar-refractivity contribution in [2.75, 3.05) is 0 Å². The highest BCUT2D eigenvalue weighted by atomic mass is 35.5. The highest BCUT2D eigenvalue weighted by molar-refractivity contribution is 6.29. The van der Waals surface area contributed by atoms with Crippen LogP contribution in [0.5, 0.6) is 0 Å². The number of pyridine rings is 1. The van der Waals surface area contributed by atoms with Gasteiger partial charge in [-0.05, 0) is 29.8 Å². The highest BCUT2D eigenvalue weighted by Crippen LogP contribution is 2.09. The maximum Gasteiger partial charge on any atom is 0.326 e. The summed E-state index contributed by atoms with van der Waals surface area (Å²) in [6, 6.07) is 7.02. The normalized spacial score (nSPS) is 11.7. The molecule has 5 nitrogen and oxygen atoms in total. The van der Waals surface area contributed by atoms with E-state index in [2.05, 4.69) is 10.3 Å². The summed E-state index contributed by atoms with van der Waals surface area (Å²) in [6.45, 7) is 0. The van der Waals surface area contributed by atoms with Gasteiger partial charge in [-0.15, -0.1) is 0 Å². The number of aliphatic carboxylic acids is 1. The number of rotatable bonds is 5. The molecule has 22 heavy (non-hydrogen) atoms. The van der Waals surface area contributed by atoms with Gasteiger partial charge in [0.1, 0.15) is 17.0 Å². The number of hydrogen-bond acceptors (Lipinski definition) is 3. The molecule has 2 aromatic rings. The number of benzene rings is 1. The lowest BCUT2D eigenvalue weighted by Crippen LogP contribution is -2.42. The molecule has 1 heterocycles. The molecular weight excluding hydrogens is 311 g/mol. The van der Waals surface area contributed by atoms with Crippen molar-refractivity contribution in [3.63, 3.8) is 0 Å². The molecule has 2 N–H and O–H groups in total. The zero-order chi connectivity index (χ0) is 16.1. The molecule has 0 saturated carbocycles. The van der Waals surface area contributed by atoms with E-state index < -0.39 is 23.7 Å². The van der Waals surface area contributed by atoms with Crippen molar-refractivity contribution in [1.82, 2.24) is 10.3 Å². The maximum atomic E-state index is 13.1. The average molecular weight is 323 g/mol. The number of halogens is 2. The number of nitrogens with one attached hydrogen (secondary N) is 1. The molecule has 0 aliphatic heterocycles. The van der Waals surface area contributed by atoms with Crippen molar-refractivity contribution >= 4 is 23.5 Å². The van der Waals surface area contributed by atoms with Gasteiger partial charge >= 0.3 is 5.97 Å². The molecule has 1 aromatic heterocycles. The standard InChI is InChI=1S/C15H12ClFN2O3/c16-13-5-4-9(8-18-13)6-12(15(21)22)19-14(20)10-2-1-3-11(17)7-10/h1-5,7-8,12H,6H2,(H,19,20)(H,21,22)/t12-/m1/s1. The van der Waals surface area contributed by atoms with Gasteiger partial charge in [0.2, 0.25) is 0 Å². The number of aromatic nitrogens is 1. The van der Waals surface area contributed by atoms with Crippen LogP contribution >= 0.6 is 11.6 Å². The zero-order valence-electron chi connectivity index (χ0n) is 11.3. The van der Waals surface area contributed by atoms with Crippen LogP contribution in [0.15, 0.2) is 42.6 Å². The van der Waals surface area contributed by atoms with Gasteiger partial charge in [0.25, 0.3) is 5.91 Å². The van der Waals surface area contributed by atoms with Crippen molar-refractivity contribution < 1.29 is 19.1 Å². The third-order valence-electron chi connectivity index (χ3n) is 2.92. The van der Waals surface area contributed by atoms with Gasteiger partial charge in [-0.25, -0.2) is 14.2 Å². The first-order valence-corrected chi connectivity index (χ1v) is 6.73. The van der Waals surface area contributed by atoms with Crippen molar-refractivity contribution in [3.8, 4) is 0 Å². The summed E-state index contributed by atoms with van der Waals surface area (Å²) in [6.07, 6.45) is 1.48. The molecule has 1 aromatic carbocycles. The monoisotopic (exact) mass is 322 g/mol. The number of carbonyl (C=O) groups is 2. The van der Waals surface area contributed by atoms with Crippen molar-refractivity contribution in [2.24, 2.45) is 0 Å². The van der Waals surface area contributed by atoms with Crippen LogP contribution in [0, 0.1) is 5.82 Å². The van der Waals surface area contributed by atoms with E-state index in [1.54, 1.807) is 6.07 Å². The molecule has 0 fully saturated rings. The Labute approximate surface area is 130 Å². The molecule has 0 bridgehead atoms. The molecule has 7 heteroatoms. The quantitative estimate of drug-likeness (QED) is 0.828. The van der Waals surface area contributed by atoms with Gasteiger partial charge in [-0.3, -0.25) is 4.79 Å². The van der Waals surface area contributed by atoms with Crippen LogP contribution in [-0.2, 0) is 11.2 Å². The van der Waals surface area contributed by atoms with E-state index in [0.29, 0.717) is 10.7 Å². The van der Waals surface area contributed by atoms with Crippen LogP contribution in [0.4, 0.5) is 4.39 Å². The maximum absolute atomic E-state index is 13.1. The lowest BCUT2D eigenvalue weighted by atomic mass is 10.1. The van der Waals surface area contributed by atoms with Gasteiger partial charge in [-0.1, -0.05) is 23.7 Å². The Morgan fingerprint density at radius 1 is 1.32 bits per heavy atom. The topological polar surface area (TPSA) is 79.3 Å². The lowest BCUT2D eigenvalue weighted by Gasteiger charge is -2.14. The fraction of sp³-hybridized carbons (Fsp3) is 0.133. The SMILES string of the molecule is O=C(N[C@H](Cc1ccc(Cl)nc1)C(=O)O)c1cccc(F)c1. The fourth-order valence-electron chi connectivity index (χ4n) is 1.83. The number of carboxylic acids is 1. The summed E-state index contributed by atoms with van der Waals surface area (Å²) >= 11 is 5.66.